The molecule has 3 rings (SSSR count). The van der Waals surface area contributed by atoms with E-state index in [0.29, 0.717) is 23.2 Å². The molecule has 0 saturated carbocycles. The predicted octanol–water partition coefficient (Wildman–Crippen LogP) is 7.12. The van der Waals surface area contributed by atoms with Gasteiger partial charge in [0.1, 0.15) is 11.6 Å². The van der Waals surface area contributed by atoms with Crippen molar-refractivity contribution in [1.82, 2.24) is 0 Å². The molecule has 29 heavy (non-hydrogen) atoms. The quantitative estimate of drug-likeness (QED) is 0.214. The highest BCUT2D eigenvalue weighted by Crippen LogP contribution is 2.42. The number of hydrogen-bond donors (Lipinski definition) is 0. The second-order valence-corrected chi connectivity index (χ2v) is 6.98. The molecule has 0 aliphatic heterocycles. The lowest BCUT2D eigenvalue weighted by Crippen LogP contribution is -2.14. The highest BCUT2D eigenvalue weighted by molar-refractivity contribution is 9.09. The van der Waals surface area contributed by atoms with Crippen molar-refractivity contribution >= 4 is 27.1 Å². The van der Waals surface area contributed by atoms with Crippen molar-refractivity contribution in [2.24, 2.45) is 0 Å². The Kier molecular flexibility index (Phi) is 6.75. The molecule has 6 heteroatoms. The van der Waals surface area contributed by atoms with E-state index in [4.69, 9.17) is 4.74 Å². The van der Waals surface area contributed by atoms with Crippen molar-refractivity contribution in [2.45, 2.75) is 6.18 Å². The lowest BCUT2D eigenvalue weighted by Gasteiger charge is -2.20. The molecular weight excluding hydrogens is 448 g/mol. The van der Waals surface area contributed by atoms with Gasteiger partial charge < -0.3 is 4.74 Å². The Morgan fingerprint density at radius 1 is 0.759 bits per heavy atom. The Morgan fingerprint density at radius 2 is 1.31 bits per heavy atom. The Labute approximate surface area is 174 Å². The van der Waals surface area contributed by atoms with Crippen LogP contribution in [0.3, 0.4) is 0 Å². The first kappa shape index (κ1) is 21.1. The fourth-order valence-corrected chi connectivity index (χ4v) is 3.16. The molecule has 0 radical (unpaired) electrons. The van der Waals surface area contributed by atoms with E-state index in [-0.39, 0.29) is 16.7 Å². The van der Waals surface area contributed by atoms with E-state index in [0.717, 1.165) is 12.1 Å². The molecule has 0 aromatic heterocycles. The molecule has 0 fully saturated rings. The van der Waals surface area contributed by atoms with Crippen LogP contribution in [0.1, 0.15) is 16.7 Å². The molecule has 0 heterocycles. The molecule has 0 bridgehead atoms. The van der Waals surface area contributed by atoms with Crippen molar-refractivity contribution in [3.05, 3.63) is 101 Å². The molecule has 0 spiro atoms. The van der Waals surface area contributed by atoms with Crippen LogP contribution in [0.2, 0.25) is 0 Å². The van der Waals surface area contributed by atoms with Gasteiger partial charge in [0.25, 0.3) is 0 Å². The van der Waals surface area contributed by atoms with Gasteiger partial charge >= 0.3 is 6.18 Å². The van der Waals surface area contributed by atoms with Gasteiger partial charge in [-0.05, 0) is 41.0 Å². The molecule has 0 saturated heterocycles. The third-order valence-corrected chi connectivity index (χ3v) is 4.54. The summed E-state index contributed by atoms with van der Waals surface area (Å²) in [6, 6.07) is 19.0. The van der Waals surface area contributed by atoms with Crippen molar-refractivity contribution in [3.8, 4) is 5.75 Å². The molecule has 0 amide bonds. The minimum Gasteiger partial charge on any atom is -0.493 e. The van der Waals surface area contributed by atoms with Gasteiger partial charge in [-0.2, -0.15) is 13.2 Å². The van der Waals surface area contributed by atoms with Crippen molar-refractivity contribution in [2.75, 3.05) is 11.9 Å². The summed E-state index contributed by atoms with van der Waals surface area (Å²) < 4.78 is 61.5. The molecule has 0 aliphatic carbocycles. The molecule has 3 aromatic carbocycles. The van der Waals surface area contributed by atoms with Gasteiger partial charge in [-0.15, -0.1) is 0 Å². The van der Waals surface area contributed by atoms with Crippen LogP contribution < -0.4 is 4.74 Å². The van der Waals surface area contributed by atoms with Gasteiger partial charge in [-0.1, -0.05) is 70.5 Å². The predicted molar refractivity (Wildman–Crippen MR) is 111 cm³/mol. The van der Waals surface area contributed by atoms with E-state index < -0.39 is 17.6 Å². The lowest BCUT2D eigenvalue weighted by molar-refractivity contribution is -0.0685. The largest absolute Gasteiger partial charge is 0.493 e. The average Bonchev–Trinajstić information content (AvgIpc) is 2.71. The third-order valence-electron chi connectivity index (χ3n) is 4.22. The fourth-order valence-electron chi connectivity index (χ4n) is 3.00. The smallest absolute Gasteiger partial charge is 0.417 e. The number of allylic oxidation sites excluding steroid dienone is 1. The third kappa shape index (κ3) is 5.26. The number of alkyl halides is 4. The number of rotatable bonds is 6. The number of benzene rings is 3. The highest BCUT2D eigenvalue weighted by Gasteiger charge is 2.38. The summed E-state index contributed by atoms with van der Waals surface area (Å²) in [5.74, 6) is 0.0415. The highest BCUT2D eigenvalue weighted by atomic mass is 79.9. The summed E-state index contributed by atoms with van der Waals surface area (Å²) in [7, 11) is 0. The maximum Gasteiger partial charge on any atom is 0.417 e. The number of halogens is 5. The molecule has 1 nitrogen and oxygen atoms in total. The van der Waals surface area contributed by atoms with Crippen LogP contribution in [-0.4, -0.2) is 18.1 Å². The first-order valence-electron chi connectivity index (χ1n) is 8.82. The summed E-state index contributed by atoms with van der Waals surface area (Å²) in [6.07, 6.45) is -4.61. The zero-order valence-electron chi connectivity index (χ0n) is 15.2. The second-order valence-electron chi connectivity index (χ2n) is 6.18. The Balaban J connectivity index is 2.24. The summed E-state index contributed by atoms with van der Waals surface area (Å²) in [6.45, 7) is 0.442. The van der Waals surface area contributed by atoms with E-state index in [1.165, 1.54) is 24.3 Å². The molecule has 0 N–H and O–H groups in total. The molecule has 0 aliphatic rings. The maximum absolute atomic E-state index is 14.2. The van der Waals surface area contributed by atoms with Crippen LogP contribution in [-0.2, 0) is 0 Å². The lowest BCUT2D eigenvalue weighted by atomic mass is 9.89. The minimum atomic E-state index is -4.61. The zero-order chi connectivity index (χ0) is 20.9. The first-order chi connectivity index (χ1) is 13.9. The summed E-state index contributed by atoms with van der Waals surface area (Å²) in [5, 5.41) is 0.641. The first-order valence-corrected chi connectivity index (χ1v) is 9.94. The van der Waals surface area contributed by atoms with E-state index >= 15 is 0 Å². The molecule has 0 unspecified atom stereocenters. The SMILES string of the molecule is Fc1ccc(C(=C(c2ccccc2)C(F)(F)F)c2ccc(OCCBr)cc2)cc1. The van der Waals surface area contributed by atoms with Crippen molar-refractivity contribution < 1.29 is 22.3 Å². The van der Waals surface area contributed by atoms with Crippen LogP contribution in [0.5, 0.6) is 5.75 Å². The van der Waals surface area contributed by atoms with Crippen LogP contribution in [0.15, 0.2) is 78.9 Å². The van der Waals surface area contributed by atoms with Crippen molar-refractivity contribution in [1.29, 1.82) is 0 Å². The van der Waals surface area contributed by atoms with Crippen molar-refractivity contribution in [3.63, 3.8) is 0 Å². The summed E-state index contributed by atoms with van der Waals surface area (Å²) in [4.78, 5) is 0. The molecular formula is C23H17BrF4O. The van der Waals surface area contributed by atoms with Gasteiger partial charge in [0, 0.05) is 10.9 Å². The standard InChI is InChI=1S/C23H17BrF4O/c24-14-15-29-20-12-8-17(9-13-20)21(16-6-10-19(25)11-7-16)22(23(26,27)28)18-4-2-1-3-5-18/h1-13H,14-15H2. The van der Waals surface area contributed by atoms with Gasteiger partial charge in [0.2, 0.25) is 0 Å². The molecule has 150 valence electrons. The van der Waals surface area contributed by atoms with E-state index in [1.807, 2.05) is 0 Å². The number of hydrogen-bond acceptors (Lipinski definition) is 1. The topological polar surface area (TPSA) is 9.23 Å². The monoisotopic (exact) mass is 464 g/mol. The zero-order valence-corrected chi connectivity index (χ0v) is 16.8. The minimum absolute atomic E-state index is 0.0178. The maximum atomic E-state index is 14.2. The van der Waals surface area contributed by atoms with Gasteiger partial charge in [-0.25, -0.2) is 4.39 Å². The van der Waals surface area contributed by atoms with Gasteiger partial charge in [-0.3, -0.25) is 0 Å². The van der Waals surface area contributed by atoms with E-state index in [2.05, 4.69) is 15.9 Å². The Hall–Kier alpha value is -2.60. The van der Waals surface area contributed by atoms with Crippen LogP contribution in [0.25, 0.3) is 11.1 Å². The van der Waals surface area contributed by atoms with Gasteiger partial charge in [0.05, 0.1) is 12.2 Å². The average molecular weight is 465 g/mol. The van der Waals surface area contributed by atoms with Crippen LogP contribution in [0.4, 0.5) is 17.6 Å². The second kappa shape index (κ2) is 9.27. The van der Waals surface area contributed by atoms with E-state index in [9.17, 15) is 17.6 Å². The Morgan fingerprint density at radius 3 is 1.83 bits per heavy atom. The molecule has 0 atom stereocenters. The summed E-state index contributed by atoms with van der Waals surface area (Å²) in [5.41, 5.74) is -0.121. The van der Waals surface area contributed by atoms with E-state index in [1.54, 1.807) is 42.5 Å². The van der Waals surface area contributed by atoms with Gasteiger partial charge in [0.15, 0.2) is 0 Å². The number of ether oxygens (including phenoxy) is 1. The Bertz CT molecular complexity index is 963. The normalized spacial score (nSPS) is 12.4. The summed E-state index contributed by atoms with van der Waals surface area (Å²) >= 11 is 3.26. The molecule has 3 aromatic rings. The van der Waals surface area contributed by atoms with Crippen LogP contribution >= 0.6 is 15.9 Å². The fraction of sp³-hybridized carbons (Fsp3) is 0.130. The van der Waals surface area contributed by atoms with Crippen LogP contribution in [0, 0.1) is 5.82 Å².